The molecule has 1 aromatic heterocycles. The summed E-state index contributed by atoms with van der Waals surface area (Å²) in [6.45, 7) is 3.39. The van der Waals surface area contributed by atoms with Gasteiger partial charge in [0, 0.05) is 18.2 Å². The first-order chi connectivity index (χ1) is 7.66. The van der Waals surface area contributed by atoms with Crippen molar-refractivity contribution in [1.82, 2.24) is 20.6 Å². The molecule has 2 rings (SSSR count). The number of benzene rings is 1. The van der Waals surface area contributed by atoms with Crippen LogP contribution in [0.4, 0.5) is 5.69 Å². The number of hydrogen-bond acceptors (Lipinski definition) is 4. The molecule has 0 bridgehead atoms. The summed E-state index contributed by atoms with van der Waals surface area (Å²) in [4.78, 5) is 11.0. The number of nitrogens with zero attached hydrogens (tertiary/aromatic N) is 3. The minimum absolute atomic E-state index is 0.103. The van der Waals surface area contributed by atoms with Crippen molar-refractivity contribution in [3.8, 4) is 11.4 Å². The fourth-order valence-corrected chi connectivity index (χ4v) is 1.37. The monoisotopic (exact) mass is 217 g/mol. The number of H-pyrrole nitrogens is 1. The zero-order valence-electron chi connectivity index (χ0n) is 8.98. The van der Waals surface area contributed by atoms with Gasteiger partial charge in [-0.05, 0) is 23.8 Å². The molecule has 2 N–H and O–H groups in total. The summed E-state index contributed by atoms with van der Waals surface area (Å²) in [7, 11) is 0. The molecule has 16 heavy (non-hydrogen) atoms. The van der Waals surface area contributed by atoms with Gasteiger partial charge in [0.05, 0.1) is 0 Å². The fraction of sp³-hybridized carbons (Fsp3) is 0.200. The highest BCUT2D eigenvalue weighted by Gasteiger charge is 2.06. The molecular formula is C10H11N5O. The van der Waals surface area contributed by atoms with Gasteiger partial charge in [0.25, 0.3) is 0 Å². The lowest BCUT2D eigenvalue weighted by Gasteiger charge is -2.07. The smallest absolute Gasteiger partial charge is 0.221 e. The lowest BCUT2D eigenvalue weighted by molar-refractivity contribution is -0.114. The predicted molar refractivity (Wildman–Crippen MR) is 58.7 cm³/mol. The maximum atomic E-state index is 11.0. The molecule has 1 aromatic carbocycles. The SMILES string of the molecule is CC(=O)Nc1cc(-c2nn[nH]n2)ccc1C. The van der Waals surface area contributed by atoms with E-state index >= 15 is 0 Å². The molecule has 0 radical (unpaired) electrons. The Labute approximate surface area is 92.1 Å². The van der Waals surface area contributed by atoms with Gasteiger partial charge in [0.2, 0.25) is 11.7 Å². The Bertz CT molecular complexity index is 506. The molecule has 0 saturated carbocycles. The van der Waals surface area contributed by atoms with E-state index in [0.717, 1.165) is 16.8 Å². The van der Waals surface area contributed by atoms with E-state index in [2.05, 4.69) is 25.9 Å². The van der Waals surface area contributed by atoms with E-state index in [4.69, 9.17) is 0 Å². The lowest BCUT2D eigenvalue weighted by atomic mass is 10.1. The Kier molecular flexibility index (Phi) is 2.63. The largest absolute Gasteiger partial charge is 0.326 e. The van der Waals surface area contributed by atoms with Crippen LogP contribution in [0.15, 0.2) is 18.2 Å². The third-order valence-electron chi connectivity index (χ3n) is 2.15. The number of anilines is 1. The summed E-state index contributed by atoms with van der Waals surface area (Å²) in [6.07, 6.45) is 0. The lowest BCUT2D eigenvalue weighted by Crippen LogP contribution is -2.07. The highest BCUT2D eigenvalue weighted by Crippen LogP contribution is 2.22. The minimum Gasteiger partial charge on any atom is -0.326 e. The molecule has 1 amide bonds. The molecule has 82 valence electrons. The van der Waals surface area contributed by atoms with Gasteiger partial charge < -0.3 is 5.32 Å². The van der Waals surface area contributed by atoms with Crippen molar-refractivity contribution in [2.45, 2.75) is 13.8 Å². The number of aromatic nitrogens is 4. The number of amides is 1. The van der Waals surface area contributed by atoms with E-state index in [1.54, 1.807) is 0 Å². The van der Waals surface area contributed by atoms with Crippen LogP contribution in [0.3, 0.4) is 0 Å². The maximum absolute atomic E-state index is 11.0. The Hall–Kier alpha value is -2.24. The number of nitrogens with one attached hydrogen (secondary N) is 2. The highest BCUT2D eigenvalue weighted by molar-refractivity contribution is 5.90. The zero-order chi connectivity index (χ0) is 11.5. The first kappa shape index (κ1) is 10.3. The van der Waals surface area contributed by atoms with Crippen LogP contribution >= 0.6 is 0 Å². The van der Waals surface area contributed by atoms with Crippen LogP contribution in [0.5, 0.6) is 0 Å². The number of aromatic amines is 1. The third-order valence-corrected chi connectivity index (χ3v) is 2.15. The molecule has 0 unspecified atom stereocenters. The molecule has 6 heteroatoms. The molecule has 0 fully saturated rings. The van der Waals surface area contributed by atoms with Gasteiger partial charge >= 0.3 is 0 Å². The van der Waals surface area contributed by atoms with Gasteiger partial charge in [0.1, 0.15) is 0 Å². The molecule has 0 aliphatic heterocycles. The van der Waals surface area contributed by atoms with Crippen LogP contribution < -0.4 is 5.32 Å². The maximum Gasteiger partial charge on any atom is 0.221 e. The average molecular weight is 217 g/mol. The summed E-state index contributed by atoms with van der Waals surface area (Å²) in [5.41, 5.74) is 2.56. The molecule has 0 aliphatic carbocycles. The van der Waals surface area contributed by atoms with Gasteiger partial charge in [-0.15, -0.1) is 10.2 Å². The standard InChI is InChI=1S/C10H11N5O/c1-6-3-4-8(10-12-14-15-13-10)5-9(6)11-7(2)16/h3-5H,1-2H3,(H,11,16)(H,12,13,14,15). The average Bonchev–Trinajstić information content (AvgIpc) is 2.73. The number of hydrogen-bond donors (Lipinski definition) is 2. The molecule has 6 nitrogen and oxygen atoms in total. The topological polar surface area (TPSA) is 83.6 Å². The third kappa shape index (κ3) is 2.05. The van der Waals surface area contributed by atoms with E-state index in [-0.39, 0.29) is 5.91 Å². The van der Waals surface area contributed by atoms with Crippen molar-refractivity contribution in [3.63, 3.8) is 0 Å². The fourth-order valence-electron chi connectivity index (χ4n) is 1.37. The Morgan fingerprint density at radius 2 is 2.25 bits per heavy atom. The second-order valence-electron chi connectivity index (χ2n) is 3.45. The predicted octanol–water partition coefficient (Wildman–Crippen LogP) is 1.13. The first-order valence-corrected chi connectivity index (χ1v) is 4.79. The van der Waals surface area contributed by atoms with E-state index in [1.165, 1.54) is 6.92 Å². The Morgan fingerprint density at radius 1 is 1.44 bits per heavy atom. The highest BCUT2D eigenvalue weighted by atomic mass is 16.1. The molecule has 0 spiro atoms. The van der Waals surface area contributed by atoms with Crippen molar-refractivity contribution in [2.24, 2.45) is 0 Å². The van der Waals surface area contributed by atoms with Gasteiger partial charge in [-0.3, -0.25) is 4.79 Å². The van der Waals surface area contributed by atoms with Crippen LogP contribution in [0.1, 0.15) is 12.5 Å². The second kappa shape index (κ2) is 4.09. The summed E-state index contributed by atoms with van der Waals surface area (Å²) in [6, 6.07) is 5.60. The summed E-state index contributed by atoms with van der Waals surface area (Å²) in [5, 5.41) is 16.4. The van der Waals surface area contributed by atoms with Crippen molar-refractivity contribution in [1.29, 1.82) is 0 Å². The molecular weight excluding hydrogens is 206 g/mol. The normalized spacial score (nSPS) is 10.1. The van der Waals surface area contributed by atoms with Gasteiger partial charge in [-0.1, -0.05) is 12.1 Å². The zero-order valence-corrected chi connectivity index (χ0v) is 8.98. The number of carbonyl (C=O) groups excluding carboxylic acids is 1. The number of tetrazole rings is 1. The minimum atomic E-state index is -0.103. The van der Waals surface area contributed by atoms with Crippen LogP contribution in [-0.2, 0) is 4.79 Å². The Balaban J connectivity index is 2.39. The summed E-state index contributed by atoms with van der Waals surface area (Å²) in [5.74, 6) is 0.403. The van der Waals surface area contributed by atoms with Crippen LogP contribution in [0.2, 0.25) is 0 Å². The number of rotatable bonds is 2. The second-order valence-corrected chi connectivity index (χ2v) is 3.45. The first-order valence-electron chi connectivity index (χ1n) is 4.79. The molecule has 2 aromatic rings. The van der Waals surface area contributed by atoms with E-state index in [0.29, 0.717) is 5.82 Å². The van der Waals surface area contributed by atoms with E-state index in [1.807, 2.05) is 25.1 Å². The summed E-state index contributed by atoms with van der Waals surface area (Å²) >= 11 is 0. The van der Waals surface area contributed by atoms with Gasteiger partial charge in [0.15, 0.2) is 0 Å². The molecule has 1 heterocycles. The van der Waals surface area contributed by atoms with Crippen molar-refractivity contribution in [3.05, 3.63) is 23.8 Å². The van der Waals surface area contributed by atoms with Crippen LogP contribution in [0.25, 0.3) is 11.4 Å². The molecule has 0 atom stereocenters. The van der Waals surface area contributed by atoms with Crippen molar-refractivity contribution in [2.75, 3.05) is 5.32 Å². The van der Waals surface area contributed by atoms with Gasteiger partial charge in [-0.2, -0.15) is 5.21 Å². The summed E-state index contributed by atoms with van der Waals surface area (Å²) < 4.78 is 0. The van der Waals surface area contributed by atoms with Crippen molar-refractivity contribution >= 4 is 11.6 Å². The van der Waals surface area contributed by atoms with E-state index in [9.17, 15) is 4.79 Å². The van der Waals surface area contributed by atoms with E-state index < -0.39 is 0 Å². The number of aryl methyl sites for hydroxylation is 1. The molecule has 0 aliphatic rings. The van der Waals surface area contributed by atoms with Crippen LogP contribution in [0, 0.1) is 6.92 Å². The quantitative estimate of drug-likeness (QED) is 0.789. The molecule has 0 saturated heterocycles. The van der Waals surface area contributed by atoms with Crippen LogP contribution in [-0.4, -0.2) is 26.5 Å². The number of carbonyl (C=O) groups is 1. The van der Waals surface area contributed by atoms with Gasteiger partial charge in [-0.25, -0.2) is 0 Å². The van der Waals surface area contributed by atoms with Crippen molar-refractivity contribution < 1.29 is 4.79 Å². The Morgan fingerprint density at radius 3 is 2.88 bits per heavy atom.